The number of para-hydroxylation sites is 1. The van der Waals surface area contributed by atoms with Gasteiger partial charge in [0.25, 0.3) is 5.91 Å². The Balaban J connectivity index is 1.58. The summed E-state index contributed by atoms with van der Waals surface area (Å²) in [5.41, 5.74) is 6.02. The van der Waals surface area contributed by atoms with Gasteiger partial charge in [-0.3, -0.25) is 9.59 Å². The first-order valence-corrected chi connectivity index (χ1v) is 13.7. The molecule has 0 saturated heterocycles. The molecule has 0 radical (unpaired) electrons. The fraction of sp³-hybridized carbons (Fsp3) is 0.333. The summed E-state index contributed by atoms with van der Waals surface area (Å²) in [6.07, 6.45) is 3.53. The van der Waals surface area contributed by atoms with Crippen LogP contribution in [-0.2, 0) is 17.8 Å². The van der Waals surface area contributed by atoms with Gasteiger partial charge in [0, 0.05) is 61.6 Å². The van der Waals surface area contributed by atoms with Gasteiger partial charge in [0.2, 0.25) is 5.91 Å². The van der Waals surface area contributed by atoms with Gasteiger partial charge in [0.05, 0.1) is 0 Å². The number of rotatable bonds is 11. The molecule has 1 aromatic heterocycles. The molecule has 4 rings (SSSR count). The van der Waals surface area contributed by atoms with E-state index in [4.69, 9.17) is 0 Å². The summed E-state index contributed by atoms with van der Waals surface area (Å²) in [6.45, 7) is 7.10. The number of aryl methyl sites for hydroxylation is 1. The maximum absolute atomic E-state index is 13.9. The smallest absolute Gasteiger partial charge is 0.254 e. The molecule has 6 heteroatoms. The molecule has 6 nitrogen and oxygen atoms in total. The lowest BCUT2D eigenvalue weighted by molar-refractivity contribution is -0.133. The first-order valence-electron chi connectivity index (χ1n) is 13.7. The van der Waals surface area contributed by atoms with Crippen molar-refractivity contribution in [3.05, 3.63) is 101 Å². The number of amides is 2. The fourth-order valence-electron chi connectivity index (χ4n) is 4.87. The number of aromatic amines is 1. The summed E-state index contributed by atoms with van der Waals surface area (Å²) in [6, 6.07) is 24.1. The maximum Gasteiger partial charge on any atom is 0.254 e. The molecular weight excluding hydrogens is 484 g/mol. The molecule has 0 fully saturated rings. The number of nitrogens with zero attached hydrogens (tertiary/aromatic N) is 3. The van der Waals surface area contributed by atoms with E-state index >= 15 is 0 Å². The van der Waals surface area contributed by atoms with Crippen LogP contribution in [0.25, 0.3) is 10.9 Å². The predicted octanol–water partition coefficient (Wildman–Crippen LogP) is 6.05. The zero-order valence-electron chi connectivity index (χ0n) is 23.8. The first kappa shape index (κ1) is 28.0. The number of benzene rings is 3. The van der Waals surface area contributed by atoms with Crippen molar-refractivity contribution in [3.63, 3.8) is 0 Å². The van der Waals surface area contributed by atoms with E-state index in [1.165, 1.54) is 10.9 Å². The van der Waals surface area contributed by atoms with Gasteiger partial charge >= 0.3 is 0 Å². The molecule has 1 unspecified atom stereocenters. The van der Waals surface area contributed by atoms with E-state index in [1.807, 2.05) is 82.4 Å². The molecule has 3 aromatic carbocycles. The lowest BCUT2D eigenvalue weighted by atomic mass is 10.1. The predicted molar refractivity (Wildman–Crippen MR) is 160 cm³/mol. The third-order valence-corrected chi connectivity index (χ3v) is 7.57. The lowest BCUT2D eigenvalue weighted by Crippen LogP contribution is -2.47. The second-order valence-electron chi connectivity index (χ2n) is 10.5. The van der Waals surface area contributed by atoms with Crippen LogP contribution in [0.5, 0.6) is 0 Å². The van der Waals surface area contributed by atoms with E-state index in [1.54, 1.807) is 4.90 Å². The van der Waals surface area contributed by atoms with Crippen LogP contribution in [-0.4, -0.2) is 59.8 Å². The van der Waals surface area contributed by atoms with Crippen molar-refractivity contribution >= 4 is 28.4 Å². The van der Waals surface area contributed by atoms with E-state index in [9.17, 15) is 9.59 Å². The SMILES string of the molecule is CCC(C)N(CC(=O)N(CCc1c[nH]c2ccccc12)Cc1ccc(N(C)C)cc1)C(=O)c1ccccc1C. The summed E-state index contributed by atoms with van der Waals surface area (Å²) in [5, 5.41) is 1.18. The third kappa shape index (κ3) is 6.69. The van der Waals surface area contributed by atoms with E-state index in [2.05, 4.69) is 46.3 Å². The number of nitrogens with one attached hydrogen (secondary N) is 1. The Morgan fingerprint density at radius 3 is 2.31 bits per heavy atom. The number of carbonyl (C=O) groups excluding carboxylic acids is 2. The maximum atomic E-state index is 13.9. The molecule has 1 heterocycles. The zero-order chi connectivity index (χ0) is 27.9. The quantitative estimate of drug-likeness (QED) is 0.260. The van der Waals surface area contributed by atoms with Crippen LogP contribution in [0, 0.1) is 6.92 Å². The molecule has 39 heavy (non-hydrogen) atoms. The van der Waals surface area contributed by atoms with Crippen LogP contribution >= 0.6 is 0 Å². The minimum absolute atomic E-state index is 0.0474. The highest BCUT2D eigenvalue weighted by Crippen LogP contribution is 2.21. The molecule has 0 bridgehead atoms. The Morgan fingerprint density at radius 2 is 1.62 bits per heavy atom. The number of H-pyrrole nitrogens is 1. The summed E-state index contributed by atoms with van der Waals surface area (Å²) >= 11 is 0. The van der Waals surface area contributed by atoms with Crippen molar-refractivity contribution in [3.8, 4) is 0 Å². The van der Waals surface area contributed by atoms with Gasteiger partial charge in [-0.25, -0.2) is 0 Å². The zero-order valence-corrected chi connectivity index (χ0v) is 23.8. The van der Waals surface area contributed by atoms with Gasteiger partial charge in [-0.05, 0) is 67.6 Å². The topological polar surface area (TPSA) is 59.7 Å². The van der Waals surface area contributed by atoms with Crippen molar-refractivity contribution < 1.29 is 9.59 Å². The van der Waals surface area contributed by atoms with Crippen LogP contribution < -0.4 is 4.90 Å². The summed E-state index contributed by atoms with van der Waals surface area (Å²) < 4.78 is 0. The molecule has 1 N–H and O–H groups in total. The largest absolute Gasteiger partial charge is 0.378 e. The van der Waals surface area contributed by atoms with Gasteiger partial charge in [-0.15, -0.1) is 0 Å². The number of carbonyl (C=O) groups is 2. The lowest BCUT2D eigenvalue weighted by Gasteiger charge is -2.32. The van der Waals surface area contributed by atoms with Gasteiger partial charge < -0.3 is 19.7 Å². The highest BCUT2D eigenvalue weighted by atomic mass is 16.2. The molecular formula is C33H40N4O2. The standard InChI is InChI=1S/C33H40N4O2/c1-6-25(3)37(33(39)29-12-8-7-11-24(29)2)23-32(38)36(22-26-15-17-28(18-16-26)35(4)5)20-19-27-21-34-31-14-10-9-13-30(27)31/h7-18,21,25,34H,6,19-20,22-23H2,1-5H3. The monoisotopic (exact) mass is 524 g/mol. The van der Waals surface area contributed by atoms with E-state index < -0.39 is 0 Å². The summed E-state index contributed by atoms with van der Waals surface area (Å²) in [4.78, 5) is 36.6. The van der Waals surface area contributed by atoms with Crippen LogP contribution in [0.1, 0.15) is 47.3 Å². The van der Waals surface area contributed by atoms with Crippen LogP contribution in [0.3, 0.4) is 0 Å². The molecule has 0 aliphatic rings. The highest BCUT2D eigenvalue weighted by Gasteiger charge is 2.26. The molecule has 0 aliphatic heterocycles. The van der Waals surface area contributed by atoms with Gasteiger partial charge in [-0.1, -0.05) is 55.5 Å². The Morgan fingerprint density at radius 1 is 0.923 bits per heavy atom. The van der Waals surface area contributed by atoms with Gasteiger partial charge in [0.15, 0.2) is 0 Å². The fourth-order valence-corrected chi connectivity index (χ4v) is 4.87. The third-order valence-electron chi connectivity index (χ3n) is 7.57. The molecule has 1 atom stereocenters. The minimum atomic E-state index is -0.0947. The van der Waals surface area contributed by atoms with Crippen LogP contribution in [0.15, 0.2) is 79.0 Å². The average molecular weight is 525 g/mol. The van der Waals surface area contributed by atoms with E-state index in [0.717, 1.165) is 35.2 Å². The van der Waals surface area contributed by atoms with E-state index in [-0.39, 0.29) is 24.4 Å². The van der Waals surface area contributed by atoms with Gasteiger partial charge in [0.1, 0.15) is 6.54 Å². The van der Waals surface area contributed by atoms with Crippen molar-refractivity contribution in [1.82, 2.24) is 14.8 Å². The molecule has 2 amide bonds. The van der Waals surface area contributed by atoms with Gasteiger partial charge in [-0.2, -0.15) is 0 Å². The van der Waals surface area contributed by atoms with Crippen LogP contribution in [0.2, 0.25) is 0 Å². The molecule has 0 spiro atoms. The Bertz CT molecular complexity index is 1410. The number of aromatic nitrogens is 1. The van der Waals surface area contributed by atoms with E-state index in [0.29, 0.717) is 18.7 Å². The average Bonchev–Trinajstić information content (AvgIpc) is 3.36. The number of hydrogen-bond donors (Lipinski definition) is 1. The van der Waals surface area contributed by atoms with Crippen molar-refractivity contribution in [2.45, 2.75) is 46.2 Å². The second-order valence-corrected chi connectivity index (χ2v) is 10.5. The molecule has 4 aromatic rings. The molecule has 204 valence electrons. The number of fused-ring (bicyclic) bond motifs is 1. The Labute approximate surface area is 232 Å². The van der Waals surface area contributed by atoms with Crippen molar-refractivity contribution in [1.29, 1.82) is 0 Å². The summed E-state index contributed by atoms with van der Waals surface area (Å²) in [7, 11) is 4.03. The molecule has 0 aliphatic carbocycles. The number of hydrogen-bond acceptors (Lipinski definition) is 3. The van der Waals surface area contributed by atoms with Crippen LogP contribution in [0.4, 0.5) is 5.69 Å². The second kappa shape index (κ2) is 12.7. The van der Waals surface area contributed by atoms with Crippen molar-refractivity contribution in [2.24, 2.45) is 0 Å². The van der Waals surface area contributed by atoms with Crippen molar-refractivity contribution in [2.75, 3.05) is 32.1 Å². The minimum Gasteiger partial charge on any atom is -0.378 e. The Hall–Kier alpha value is -4.06. The highest BCUT2D eigenvalue weighted by molar-refractivity contribution is 5.98. The first-order chi connectivity index (χ1) is 18.8. The normalized spacial score (nSPS) is 11.8. The number of anilines is 1. The Kier molecular flexibility index (Phi) is 9.07. The summed E-state index contributed by atoms with van der Waals surface area (Å²) in [5.74, 6) is -0.142. The molecule has 0 saturated carbocycles.